The summed E-state index contributed by atoms with van der Waals surface area (Å²) in [7, 11) is 0. The zero-order chi connectivity index (χ0) is 9.68. The second kappa shape index (κ2) is 5.43. The Labute approximate surface area is 82.6 Å². The molecule has 0 aromatic carbocycles. The minimum atomic E-state index is 0.633. The normalized spacial score (nSPS) is 24.3. The van der Waals surface area contributed by atoms with Crippen LogP contribution in [0.5, 0.6) is 0 Å². The third-order valence-corrected chi connectivity index (χ3v) is 2.79. The molecular formula is C12H23N. The van der Waals surface area contributed by atoms with Crippen molar-refractivity contribution in [2.45, 2.75) is 65.0 Å². The van der Waals surface area contributed by atoms with E-state index in [2.05, 4.69) is 32.2 Å². The van der Waals surface area contributed by atoms with Crippen LogP contribution in [0.4, 0.5) is 0 Å². The summed E-state index contributed by atoms with van der Waals surface area (Å²) in [6, 6.07) is 1.38. The van der Waals surface area contributed by atoms with Gasteiger partial charge in [-0.15, -0.1) is 0 Å². The maximum Gasteiger partial charge on any atom is 0.00754 e. The number of allylic oxidation sites excluding steroid dienone is 2. The van der Waals surface area contributed by atoms with Crippen LogP contribution < -0.4 is 5.32 Å². The molecule has 0 amide bonds. The summed E-state index contributed by atoms with van der Waals surface area (Å²) < 4.78 is 0. The lowest BCUT2D eigenvalue weighted by molar-refractivity contribution is 0.424. The maximum absolute atomic E-state index is 3.63. The van der Waals surface area contributed by atoms with Crippen LogP contribution in [0.25, 0.3) is 0 Å². The van der Waals surface area contributed by atoms with E-state index in [0.29, 0.717) is 6.04 Å². The molecule has 0 aliphatic heterocycles. The van der Waals surface area contributed by atoms with Gasteiger partial charge < -0.3 is 5.32 Å². The monoisotopic (exact) mass is 181 g/mol. The first-order valence-corrected chi connectivity index (χ1v) is 5.66. The first-order chi connectivity index (χ1) is 6.22. The fourth-order valence-electron chi connectivity index (χ4n) is 2.05. The third-order valence-electron chi connectivity index (χ3n) is 2.79. The highest BCUT2D eigenvalue weighted by Gasteiger charge is 2.12. The van der Waals surface area contributed by atoms with E-state index in [-0.39, 0.29) is 0 Å². The fourth-order valence-corrected chi connectivity index (χ4v) is 2.05. The Bertz CT molecular complexity index is 170. The van der Waals surface area contributed by atoms with Gasteiger partial charge in [-0.1, -0.05) is 32.4 Å². The topological polar surface area (TPSA) is 12.0 Å². The molecule has 1 unspecified atom stereocenters. The predicted octanol–water partition coefficient (Wildman–Crippen LogP) is 3.26. The molecular weight excluding hydrogens is 158 g/mol. The molecule has 1 aliphatic rings. The molecule has 0 aromatic heterocycles. The van der Waals surface area contributed by atoms with E-state index in [1.165, 1.54) is 32.1 Å². The lowest BCUT2D eigenvalue weighted by atomic mass is 10.1. The van der Waals surface area contributed by atoms with E-state index in [9.17, 15) is 0 Å². The van der Waals surface area contributed by atoms with Gasteiger partial charge in [0.1, 0.15) is 0 Å². The highest BCUT2D eigenvalue weighted by Crippen LogP contribution is 2.20. The summed E-state index contributed by atoms with van der Waals surface area (Å²) in [6.45, 7) is 6.74. The number of hydrogen-bond donors (Lipinski definition) is 1. The van der Waals surface area contributed by atoms with Crippen molar-refractivity contribution in [3.05, 3.63) is 11.6 Å². The fraction of sp³-hybridized carbons (Fsp3) is 0.833. The van der Waals surface area contributed by atoms with E-state index in [1.54, 1.807) is 5.57 Å². The lowest BCUT2D eigenvalue weighted by Crippen LogP contribution is -2.34. The van der Waals surface area contributed by atoms with Gasteiger partial charge in [-0.05, 0) is 32.1 Å². The van der Waals surface area contributed by atoms with E-state index < -0.39 is 0 Å². The quantitative estimate of drug-likeness (QED) is 0.659. The van der Waals surface area contributed by atoms with E-state index in [0.717, 1.165) is 6.04 Å². The van der Waals surface area contributed by atoms with Crippen LogP contribution in [-0.4, -0.2) is 12.1 Å². The highest BCUT2D eigenvalue weighted by atomic mass is 14.9. The SMILES string of the molecule is CCC1=CCCC(NC(C)C)CC1. The van der Waals surface area contributed by atoms with Gasteiger partial charge in [0.25, 0.3) is 0 Å². The Morgan fingerprint density at radius 3 is 2.85 bits per heavy atom. The molecule has 0 radical (unpaired) electrons. The Kier molecular flexibility index (Phi) is 4.51. The average molecular weight is 181 g/mol. The second-order valence-corrected chi connectivity index (χ2v) is 4.35. The molecule has 0 aromatic rings. The van der Waals surface area contributed by atoms with Gasteiger partial charge in [0.05, 0.1) is 0 Å². The average Bonchev–Trinajstić information content (AvgIpc) is 2.29. The molecule has 0 heterocycles. The second-order valence-electron chi connectivity index (χ2n) is 4.35. The van der Waals surface area contributed by atoms with Crippen molar-refractivity contribution in [1.82, 2.24) is 5.32 Å². The zero-order valence-electron chi connectivity index (χ0n) is 9.27. The molecule has 0 fully saturated rings. The molecule has 1 N–H and O–H groups in total. The van der Waals surface area contributed by atoms with E-state index >= 15 is 0 Å². The first-order valence-electron chi connectivity index (χ1n) is 5.66. The minimum Gasteiger partial charge on any atom is -0.312 e. The van der Waals surface area contributed by atoms with Gasteiger partial charge in [0, 0.05) is 12.1 Å². The number of hydrogen-bond acceptors (Lipinski definition) is 1. The van der Waals surface area contributed by atoms with E-state index in [4.69, 9.17) is 0 Å². The molecule has 1 nitrogen and oxygen atoms in total. The van der Waals surface area contributed by atoms with Crippen molar-refractivity contribution < 1.29 is 0 Å². The van der Waals surface area contributed by atoms with Crippen LogP contribution in [0.3, 0.4) is 0 Å². The van der Waals surface area contributed by atoms with Gasteiger partial charge in [0.15, 0.2) is 0 Å². The Morgan fingerprint density at radius 2 is 2.23 bits per heavy atom. The smallest absolute Gasteiger partial charge is 0.00754 e. The minimum absolute atomic E-state index is 0.633. The third kappa shape index (κ3) is 3.95. The van der Waals surface area contributed by atoms with Gasteiger partial charge in [-0.3, -0.25) is 0 Å². The van der Waals surface area contributed by atoms with E-state index in [1.807, 2.05) is 0 Å². The molecule has 1 atom stereocenters. The summed E-state index contributed by atoms with van der Waals surface area (Å²) in [5.74, 6) is 0. The molecule has 0 bridgehead atoms. The van der Waals surface area contributed by atoms with Crippen LogP contribution in [-0.2, 0) is 0 Å². The van der Waals surface area contributed by atoms with Gasteiger partial charge >= 0.3 is 0 Å². The zero-order valence-corrected chi connectivity index (χ0v) is 9.27. The molecule has 0 saturated carbocycles. The summed E-state index contributed by atoms with van der Waals surface area (Å²) in [6.07, 6.45) is 8.92. The number of nitrogens with one attached hydrogen (secondary N) is 1. The maximum atomic E-state index is 3.63. The number of rotatable bonds is 3. The predicted molar refractivity (Wildman–Crippen MR) is 58.9 cm³/mol. The molecule has 76 valence electrons. The highest BCUT2D eigenvalue weighted by molar-refractivity contribution is 5.04. The van der Waals surface area contributed by atoms with Crippen molar-refractivity contribution in [3.8, 4) is 0 Å². The standard InChI is InChI=1S/C12H23N/c1-4-11-6-5-7-12(9-8-11)13-10(2)3/h6,10,12-13H,4-5,7-9H2,1-3H3. The summed E-state index contributed by atoms with van der Waals surface area (Å²) in [5, 5.41) is 3.63. The van der Waals surface area contributed by atoms with Gasteiger partial charge in [0.2, 0.25) is 0 Å². The van der Waals surface area contributed by atoms with Crippen LogP contribution in [0.15, 0.2) is 11.6 Å². The molecule has 1 rings (SSSR count). The van der Waals surface area contributed by atoms with Crippen LogP contribution in [0.1, 0.15) is 52.9 Å². The van der Waals surface area contributed by atoms with Crippen LogP contribution in [0, 0.1) is 0 Å². The molecule has 1 aliphatic carbocycles. The van der Waals surface area contributed by atoms with Crippen molar-refractivity contribution in [2.75, 3.05) is 0 Å². The summed E-state index contributed by atoms with van der Waals surface area (Å²) in [4.78, 5) is 0. The van der Waals surface area contributed by atoms with Crippen LogP contribution in [0.2, 0.25) is 0 Å². The molecule has 0 spiro atoms. The van der Waals surface area contributed by atoms with Crippen molar-refractivity contribution >= 4 is 0 Å². The van der Waals surface area contributed by atoms with Crippen molar-refractivity contribution in [2.24, 2.45) is 0 Å². The molecule has 13 heavy (non-hydrogen) atoms. The van der Waals surface area contributed by atoms with Crippen molar-refractivity contribution in [3.63, 3.8) is 0 Å². The molecule has 0 saturated heterocycles. The van der Waals surface area contributed by atoms with Gasteiger partial charge in [-0.25, -0.2) is 0 Å². The Balaban J connectivity index is 2.33. The Morgan fingerprint density at radius 1 is 1.46 bits per heavy atom. The van der Waals surface area contributed by atoms with Crippen LogP contribution >= 0.6 is 0 Å². The summed E-state index contributed by atoms with van der Waals surface area (Å²) >= 11 is 0. The lowest BCUT2D eigenvalue weighted by Gasteiger charge is -2.19. The Hall–Kier alpha value is -0.300. The molecule has 1 heteroatoms. The van der Waals surface area contributed by atoms with Crippen molar-refractivity contribution in [1.29, 1.82) is 0 Å². The largest absolute Gasteiger partial charge is 0.312 e. The van der Waals surface area contributed by atoms with Gasteiger partial charge in [-0.2, -0.15) is 0 Å². The summed E-state index contributed by atoms with van der Waals surface area (Å²) in [5.41, 5.74) is 1.66. The first kappa shape index (κ1) is 10.8.